The zero-order valence-electron chi connectivity index (χ0n) is 13.9. The number of amides is 2. The number of carbonyl (C=O) groups is 1. The Hall–Kier alpha value is -3.33. The van der Waals surface area contributed by atoms with E-state index in [1.807, 2.05) is 24.4 Å². The molecule has 0 bridgehead atoms. The lowest BCUT2D eigenvalue weighted by Gasteiger charge is -2.05. The number of pyridine rings is 2. The first kappa shape index (κ1) is 16.2. The van der Waals surface area contributed by atoms with E-state index in [-0.39, 0.29) is 6.03 Å². The lowest BCUT2D eigenvalue weighted by atomic mass is 10.1. The van der Waals surface area contributed by atoms with Gasteiger partial charge < -0.3 is 5.32 Å². The Morgan fingerprint density at radius 1 is 1.23 bits per heavy atom. The van der Waals surface area contributed by atoms with Crippen molar-refractivity contribution in [2.24, 2.45) is 0 Å². The predicted octanol–water partition coefficient (Wildman–Crippen LogP) is 3.11. The van der Waals surface area contributed by atoms with Crippen LogP contribution in [0.1, 0.15) is 10.7 Å². The van der Waals surface area contributed by atoms with Crippen LogP contribution >= 0.6 is 11.3 Å². The van der Waals surface area contributed by atoms with E-state index in [1.165, 1.54) is 11.3 Å². The van der Waals surface area contributed by atoms with Crippen LogP contribution in [0.5, 0.6) is 0 Å². The van der Waals surface area contributed by atoms with Gasteiger partial charge in [0.05, 0.1) is 12.1 Å². The fraction of sp³-hybridized carbons (Fsp3) is 0.118. The number of aryl methyl sites for hydroxylation is 1. The molecular weight excluding hydrogens is 350 g/mol. The van der Waals surface area contributed by atoms with Gasteiger partial charge in [0.25, 0.3) is 0 Å². The number of hydrogen-bond acceptors (Lipinski definition) is 6. The number of nitrogens with one attached hydrogen (secondary N) is 3. The van der Waals surface area contributed by atoms with Crippen molar-refractivity contribution in [2.75, 3.05) is 5.32 Å². The van der Waals surface area contributed by atoms with Gasteiger partial charge in [-0.3, -0.25) is 15.4 Å². The normalized spacial score (nSPS) is 10.8. The average Bonchev–Trinajstić information content (AvgIpc) is 3.29. The molecule has 4 rings (SSSR count). The minimum absolute atomic E-state index is 0.337. The topological polar surface area (TPSA) is 108 Å². The Bertz CT molecular complexity index is 1060. The summed E-state index contributed by atoms with van der Waals surface area (Å²) in [5.41, 5.74) is 3.48. The number of thiazole rings is 1. The van der Waals surface area contributed by atoms with Gasteiger partial charge in [-0.25, -0.2) is 14.8 Å². The summed E-state index contributed by atoms with van der Waals surface area (Å²) in [5.74, 6) is 0.440. The third kappa shape index (κ3) is 3.38. The first-order valence-corrected chi connectivity index (χ1v) is 8.77. The lowest BCUT2D eigenvalue weighted by molar-refractivity contribution is 0.251. The first-order chi connectivity index (χ1) is 12.7. The Balaban J connectivity index is 1.50. The van der Waals surface area contributed by atoms with Crippen LogP contribution in [0, 0.1) is 6.92 Å². The number of carbonyl (C=O) groups excluding carboxylic acids is 1. The van der Waals surface area contributed by atoms with Crippen LogP contribution in [-0.4, -0.2) is 31.2 Å². The van der Waals surface area contributed by atoms with E-state index in [9.17, 15) is 4.79 Å². The highest BCUT2D eigenvalue weighted by atomic mass is 32.1. The molecule has 0 unspecified atom stereocenters. The number of hydrogen-bond donors (Lipinski definition) is 3. The highest BCUT2D eigenvalue weighted by Crippen LogP contribution is 2.26. The van der Waals surface area contributed by atoms with Gasteiger partial charge in [0.2, 0.25) is 0 Å². The molecule has 0 spiro atoms. The Labute approximate surface area is 152 Å². The maximum Gasteiger partial charge on any atom is 0.320 e. The van der Waals surface area contributed by atoms with Gasteiger partial charge in [-0.1, -0.05) is 0 Å². The second kappa shape index (κ2) is 6.89. The van der Waals surface area contributed by atoms with Gasteiger partial charge in [-0.05, 0) is 19.1 Å². The minimum Gasteiger partial charge on any atom is -0.331 e. The number of rotatable bonds is 4. The summed E-state index contributed by atoms with van der Waals surface area (Å²) in [5, 5.41) is 16.4. The van der Waals surface area contributed by atoms with Crippen molar-refractivity contribution in [2.45, 2.75) is 13.5 Å². The second-order valence-electron chi connectivity index (χ2n) is 5.61. The number of fused-ring (bicyclic) bond motifs is 1. The predicted molar refractivity (Wildman–Crippen MR) is 99.8 cm³/mol. The van der Waals surface area contributed by atoms with E-state index in [2.05, 4.69) is 35.8 Å². The van der Waals surface area contributed by atoms with Gasteiger partial charge >= 0.3 is 6.03 Å². The van der Waals surface area contributed by atoms with E-state index >= 15 is 0 Å². The average molecular weight is 365 g/mol. The Morgan fingerprint density at radius 3 is 2.96 bits per heavy atom. The fourth-order valence-electron chi connectivity index (χ4n) is 2.55. The summed E-state index contributed by atoms with van der Waals surface area (Å²) in [6, 6.07) is 5.29. The molecule has 4 aromatic rings. The van der Waals surface area contributed by atoms with E-state index in [4.69, 9.17) is 0 Å². The summed E-state index contributed by atoms with van der Waals surface area (Å²) < 4.78 is 0. The maximum absolute atomic E-state index is 12.0. The molecule has 26 heavy (non-hydrogen) atoms. The van der Waals surface area contributed by atoms with Crippen molar-refractivity contribution < 1.29 is 4.79 Å². The van der Waals surface area contributed by atoms with Gasteiger partial charge in [-0.2, -0.15) is 5.10 Å². The van der Waals surface area contributed by atoms with Crippen LogP contribution in [0.25, 0.3) is 22.2 Å². The van der Waals surface area contributed by atoms with Crippen LogP contribution < -0.4 is 10.6 Å². The van der Waals surface area contributed by atoms with Gasteiger partial charge in [0.1, 0.15) is 16.5 Å². The molecule has 0 aliphatic carbocycles. The smallest absolute Gasteiger partial charge is 0.320 e. The molecule has 4 aromatic heterocycles. The van der Waals surface area contributed by atoms with Crippen LogP contribution in [0.3, 0.4) is 0 Å². The van der Waals surface area contributed by atoms with E-state index in [1.54, 1.807) is 24.7 Å². The summed E-state index contributed by atoms with van der Waals surface area (Å²) in [6.07, 6.45) is 5.15. The number of H-pyrrole nitrogens is 1. The van der Waals surface area contributed by atoms with Gasteiger partial charge in [0.15, 0.2) is 0 Å². The minimum atomic E-state index is -0.337. The third-order valence-electron chi connectivity index (χ3n) is 3.74. The largest absolute Gasteiger partial charge is 0.331 e. The molecule has 0 fully saturated rings. The molecule has 2 amide bonds. The monoisotopic (exact) mass is 365 g/mol. The molecule has 0 aliphatic rings. The Kier molecular flexibility index (Phi) is 4.28. The summed E-state index contributed by atoms with van der Waals surface area (Å²) in [4.78, 5) is 24.6. The van der Waals surface area contributed by atoms with Crippen LogP contribution in [0.4, 0.5) is 10.6 Å². The number of aromatic nitrogens is 5. The molecule has 0 atom stereocenters. The second-order valence-corrected chi connectivity index (χ2v) is 6.59. The molecule has 4 heterocycles. The SMILES string of the molecule is Cc1cc(-c2n[nH]c3cc(NC(=O)NCc4nccs4)ncc23)ccn1. The van der Waals surface area contributed by atoms with Crippen molar-refractivity contribution in [3.63, 3.8) is 0 Å². The molecular formula is C17H15N7OS. The first-order valence-electron chi connectivity index (χ1n) is 7.89. The summed E-state index contributed by atoms with van der Waals surface area (Å²) in [6.45, 7) is 2.31. The summed E-state index contributed by atoms with van der Waals surface area (Å²) in [7, 11) is 0. The molecule has 0 aliphatic heterocycles. The molecule has 0 aromatic carbocycles. The zero-order valence-corrected chi connectivity index (χ0v) is 14.7. The number of urea groups is 1. The van der Waals surface area contributed by atoms with E-state index < -0.39 is 0 Å². The zero-order chi connectivity index (χ0) is 17.9. The molecule has 9 heteroatoms. The highest BCUT2D eigenvalue weighted by Gasteiger charge is 2.11. The van der Waals surface area contributed by atoms with Crippen molar-refractivity contribution in [3.8, 4) is 11.3 Å². The molecule has 0 saturated carbocycles. The van der Waals surface area contributed by atoms with Crippen molar-refractivity contribution in [3.05, 3.63) is 52.9 Å². The van der Waals surface area contributed by atoms with E-state index in [0.29, 0.717) is 12.4 Å². The standard InChI is InChI=1S/C17H15N7OS/c1-10-6-11(2-3-18-10)16-12-8-20-14(7-13(12)23-24-16)22-17(25)21-9-15-19-4-5-26-15/h2-8H,9H2,1H3,(H,23,24)(H2,20,21,22,25). The Morgan fingerprint density at radius 2 is 2.15 bits per heavy atom. The van der Waals surface area contributed by atoms with Crippen LogP contribution in [0.15, 0.2) is 42.2 Å². The molecule has 130 valence electrons. The lowest BCUT2D eigenvalue weighted by Crippen LogP contribution is -2.28. The van der Waals surface area contributed by atoms with Crippen molar-refractivity contribution >= 4 is 34.1 Å². The van der Waals surface area contributed by atoms with Crippen molar-refractivity contribution in [1.82, 2.24) is 30.5 Å². The maximum atomic E-state index is 12.0. The third-order valence-corrected chi connectivity index (χ3v) is 4.52. The number of anilines is 1. The molecule has 0 saturated heterocycles. The number of nitrogens with zero attached hydrogens (tertiary/aromatic N) is 4. The van der Waals surface area contributed by atoms with Crippen molar-refractivity contribution in [1.29, 1.82) is 0 Å². The molecule has 3 N–H and O–H groups in total. The van der Waals surface area contributed by atoms with Crippen LogP contribution in [-0.2, 0) is 6.54 Å². The van der Waals surface area contributed by atoms with E-state index in [0.717, 1.165) is 32.9 Å². The number of aromatic amines is 1. The highest BCUT2D eigenvalue weighted by molar-refractivity contribution is 7.09. The fourth-order valence-corrected chi connectivity index (χ4v) is 3.11. The summed E-state index contributed by atoms with van der Waals surface area (Å²) >= 11 is 1.49. The van der Waals surface area contributed by atoms with Gasteiger partial charge in [-0.15, -0.1) is 11.3 Å². The van der Waals surface area contributed by atoms with Crippen LogP contribution in [0.2, 0.25) is 0 Å². The quantitative estimate of drug-likeness (QED) is 0.515. The van der Waals surface area contributed by atoms with Gasteiger partial charge in [0, 0.05) is 46.7 Å². The molecule has 8 nitrogen and oxygen atoms in total. The molecule has 0 radical (unpaired) electrons.